The van der Waals surface area contributed by atoms with Gasteiger partial charge in [0.15, 0.2) is 0 Å². The smallest absolute Gasteiger partial charge is 0.255 e. The van der Waals surface area contributed by atoms with Crippen LogP contribution in [0.2, 0.25) is 0 Å². The fourth-order valence-electron chi connectivity index (χ4n) is 3.98. The molecule has 0 unspecified atom stereocenters. The Labute approximate surface area is 188 Å². The number of hydrogen-bond acceptors (Lipinski definition) is 4. The summed E-state index contributed by atoms with van der Waals surface area (Å²) < 4.78 is 1.95. The number of nitrogens with one attached hydrogen (secondary N) is 2. The van der Waals surface area contributed by atoms with E-state index in [0.717, 1.165) is 31.5 Å². The number of carbonyl (C=O) groups excluding carboxylic acids is 2. The van der Waals surface area contributed by atoms with Gasteiger partial charge in [0.05, 0.1) is 12.9 Å². The van der Waals surface area contributed by atoms with Crippen molar-refractivity contribution >= 4 is 23.2 Å². The van der Waals surface area contributed by atoms with E-state index in [-0.39, 0.29) is 11.8 Å². The van der Waals surface area contributed by atoms with E-state index in [1.165, 1.54) is 12.8 Å². The Morgan fingerprint density at radius 2 is 1.66 bits per heavy atom. The van der Waals surface area contributed by atoms with E-state index in [9.17, 15) is 9.59 Å². The van der Waals surface area contributed by atoms with Crippen molar-refractivity contribution in [2.45, 2.75) is 32.2 Å². The monoisotopic (exact) mass is 431 g/mol. The maximum atomic E-state index is 12.8. The molecule has 0 atom stereocenters. The fourth-order valence-corrected chi connectivity index (χ4v) is 3.98. The first-order valence-corrected chi connectivity index (χ1v) is 11.1. The minimum Gasteiger partial charge on any atom is -0.333 e. The number of aromatic nitrogens is 2. The van der Waals surface area contributed by atoms with Crippen LogP contribution in [0.15, 0.2) is 67.3 Å². The predicted octanol–water partition coefficient (Wildman–Crippen LogP) is 4.00. The Balaban J connectivity index is 1.35. The van der Waals surface area contributed by atoms with Crippen LogP contribution in [0.5, 0.6) is 0 Å². The van der Waals surface area contributed by atoms with E-state index in [1.807, 2.05) is 47.2 Å². The number of amides is 2. The Bertz CT molecular complexity index is 1040. The third kappa shape index (κ3) is 6.28. The van der Waals surface area contributed by atoms with Gasteiger partial charge in [-0.3, -0.25) is 14.5 Å². The van der Waals surface area contributed by atoms with Crippen LogP contribution in [0.1, 0.15) is 41.6 Å². The van der Waals surface area contributed by atoms with E-state index >= 15 is 0 Å². The number of rotatable bonds is 7. The number of hydrogen-bond donors (Lipinski definition) is 2. The van der Waals surface area contributed by atoms with Gasteiger partial charge in [-0.15, -0.1) is 0 Å². The topological polar surface area (TPSA) is 79.3 Å². The average Bonchev–Trinajstić information content (AvgIpc) is 3.16. The second-order valence-electron chi connectivity index (χ2n) is 8.21. The number of nitrogens with zero attached hydrogens (tertiary/aromatic N) is 3. The van der Waals surface area contributed by atoms with Gasteiger partial charge in [0, 0.05) is 35.9 Å². The zero-order valence-electron chi connectivity index (χ0n) is 18.2. The highest BCUT2D eigenvalue weighted by Gasteiger charge is 2.13. The zero-order valence-corrected chi connectivity index (χ0v) is 18.2. The first kappa shape index (κ1) is 21.8. The van der Waals surface area contributed by atoms with Gasteiger partial charge < -0.3 is 15.2 Å². The molecule has 0 bridgehead atoms. The maximum absolute atomic E-state index is 12.8. The van der Waals surface area contributed by atoms with E-state index in [0.29, 0.717) is 30.0 Å². The molecular formula is C25H29N5O2. The Morgan fingerprint density at radius 3 is 2.41 bits per heavy atom. The lowest BCUT2D eigenvalue weighted by Crippen LogP contribution is -2.33. The van der Waals surface area contributed by atoms with E-state index < -0.39 is 0 Å². The molecule has 0 spiro atoms. The molecule has 2 heterocycles. The molecule has 7 nitrogen and oxygen atoms in total. The van der Waals surface area contributed by atoms with Crippen LogP contribution in [0, 0.1) is 0 Å². The van der Waals surface area contributed by atoms with Gasteiger partial charge in [-0.1, -0.05) is 31.0 Å². The van der Waals surface area contributed by atoms with Crippen molar-refractivity contribution in [2.75, 3.05) is 30.3 Å². The van der Waals surface area contributed by atoms with Crippen LogP contribution in [-0.2, 0) is 11.3 Å². The van der Waals surface area contributed by atoms with Gasteiger partial charge >= 0.3 is 0 Å². The molecule has 1 fully saturated rings. The standard InChI is InChI=1S/C25H29N5O2/c31-24(18-29-12-3-1-2-4-13-29)27-22-9-6-10-23(16-22)28-25(32)21-8-5-7-20(15-21)17-30-14-11-26-19-30/h5-11,14-16,19H,1-4,12-13,17-18H2,(H,27,31)(H,28,32). The summed E-state index contributed by atoms with van der Waals surface area (Å²) in [6.45, 7) is 3.01. The van der Waals surface area contributed by atoms with E-state index in [4.69, 9.17) is 0 Å². The number of carbonyl (C=O) groups is 2. The molecule has 0 aliphatic carbocycles. The molecule has 2 amide bonds. The van der Waals surface area contributed by atoms with Gasteiger partial charge in [-0.05, 0) is 61.8 Å². The van der Waals surface area contributed by atoms with Gasteiger partial charge in [0.1, 0.15) is 0 Å². The van der Waals surface area contributed by atoms with E-state index in [1.54, 1.807) is 24.7 Å². The van der Waals surface area contributed by atoms with Crippen molar-refractivity contribution in [3.8, 4) is 0 Å². The van der Waals surface area contributed by atoms with Crippen molar-refractivity contribution in [1.29, 1.82) is 0 Å². The van der Waals surface area contributed by atoms with Gasteiger partial charge in [0.25, 0.3) is 5.91 Å². The first-order chi connectivity index (χ1) is 15.7. The maximum Gasteiger partial charge on any atom is 0.255 e. The number of imidazole rings is 1. The summed E-state index contributed by atoms with van der Waals surface area (Å²) in [6, 6.07) is 14.8. The normalized spacial score (nSPS) is 14.5. The molecule has 1 saturated heterocycles. The molecule has 1 aromatic heterocycles. The van der Waals surface area contributed by atoms with Crippen molar-refractivity contribution < 1.29 is 9.59 Å². The largest absolute Gasteiger partial charge is 0.333 e. The number of likely N-dealkylation sites (tertiary alicyclic amines) is 1. The molecular weight excluding hydrogens is 402 g/mol. The van der Waals surface area contributed by atoms with Crippen molar-refractivity contribution in [3.63, 3.8) is 0 Å². The summed E-state index contributed by atoms with van der Waals surface area (Å²) >= 11 is 0. The summed E-state index contributed by atoms with van der Waals surface area (Å²) in [4.78, 5) is 31.5. The minimum absolute atomic E-state index is 0.0254. The molecule has 2 N–H and O–H groups in total. The highest BCUT2D eigenvalue weighted by molar-refractivity contribution is 6.04. The third-order valence-electron chi connectivity index (χ3n) is 5.58. The molecule has 7 heteroatoms. The lowest BCUT2D eigenvalue weighted by atomic mass is 10.1. The molecule has 2 aromatic carbocycles. The zero-order chi connectivity index (χ0) is 22.2. The SMILES string of the molecule is O=C(CN1CCCCCC1)Nc1cccc(NC(=O)c2cccc(Cn3ccnc3)c2)c1. The summed E-state index contributed by atoms with van der Waals surface area (Å²) in [7, 11) is 0. The molecule has 1 aliphatic rings. The minimum atomic E-state index is -0.189. The van der Waals surface area contributed by atoms with Crippen molar-refractivity contribution in [2.24, 2.45) is 0 Å². The molecule has 4 rings (SSSR count). The van der Waals surface area contributed by atoms with Crippen LogP contribution < -0.4 is 10.6 Å². The highest BCUT2D eigenvalue weighted by atomic mass is 16.2. The average molecular weight is 432 g/mol. The quantitative estimate of drug-likeness (QED) is 0.593. The van der Waals surface area contributed by atoms with Crippen LogP contribution in [0.3, 0.4) is 0 Å². The van der Waals surface area contributed by atoms with Crippen molar-refractivity contribution in [1.82, 2.24) is 14.5 Å². The number of anilines is 2. The van der Waals surface area contributed by atoms with Gasteiger partial charge in [-0.25, -0.2) is 4.98 Å². The van der Waals surface area contributed by atoms with Crippen molar-refractivity contribution in [3.05, 3.63) is 78.4 Å². The molecule has 3 aromatic rings. The van der Waals surface area contributed by atoms with E-state index in [2.05, 4.69) is 20.5 Å². The van der Waals surface area contributed by atoms with Crippen LogP contribution >= 0.6 is 0 Å². The molecule has 1 aliphatic heterocycles. The third-order valence-corrected chi connectivity index (χ3v) is 5.58. The molecule has 166 valence electrons. The molecule has 32 heavy (non-hydrogen) atoms. The second-order valence-corrected chi connectivity index (χ2v) is 8.21. The predicted molar refractivity (Wildman–Crippen MR) is 126 cm³/mol. The van der Waals surface area contributed by atoms with Crippen LogP contribution in [0.25, 0.3) is 0 Å². The van der Waals surface area contributed by atoms with Gasteiger partial charge in [-0.2, -0.15) is 0 Å². The summed E-state index contributed by atoms with van der Waals surface area (Å²) in [5, 5.41) is 5.88. The Morgan fingerprint density at radius 1 is 0.906 bits per heavy atom. The first-order valence-electron chi connectivity index (χ1n) is 11.1. The second kappa shape index (κ2) is 10.7. The Kier molecular flexibility index (Phi) is 7.30. The Hall–Kier alpha value is -3.45. The lowest BCUT2D eigenvalue weighted by molar-refractivity contribution is -0.117. The lowest BCUT2D eigenvalue weighted by Gasteiger charge is -2.19. The van der Waals surface area contributed by atoms with Gasteiger partial charge in [0.2, 0.25) is 5.91 Å². The highest BCUT2D eigenvalue weighted by Crippen LogP contribution is 2.17. The molecule has 0 saturated carbocycles. The fraction of sp³-hybridized carbons (Fsp3) is 0.320. The van der Waals surface area contributed by atoms with Crippen LogP contribution in [-0.4, -0.2) is 45.9 Å². The number of benzene rings is 2. The summed E-state index contributed by atoms with van der Waals surface area (Å²) in [5.74, 6) is -0.215. The summed E-state index contributed by atoms with van der Waals surface area (Å²) in [5.41, 5.74) is 2.92. The molecule has 0 radical (unpaired) electrons. The van der Waals surface area contributed by atoms with Crippen LogP contribution in [0.4, 0.5) is 11.4 Å². The summed E-state index contributed by atoms with van der Waals surface area (Å²) in [6.07, 6.45) is 10.2.